The van der Waals surface area contributed by atoms with Crippen molar-refractivity contribution in [2.75, 3.05) is 0 Å². The number of hydrogen-bond donors (Lipinski definition) is 1. The average Bonchev–Trinajstić information content (AvgIpc) is 2.36. The van der Waals surface area contributed by atoms with Crippen LogP contribution in [0.4, 0.5) is 0 Å². The number of aliphatic hydroxyl groups is 1. The molecule has 1 N–H and O–H groups in total. The van der Waals surface area contributed by atoms with E-state index >= 15 is 0 Å². The second kappa shape index (κ2) is 4.85. The summed E-state index contributed by atoms with van der Waals surface area (Å²) in [4.78, 5) is 1.17. The summed E-state index contributed by atoms with van der Waals surface area (Å²) in [5, 5.41) is 9.48. The maximum atomic E-state index is 9.48. The SMILES string of the molecule is CCCC(O)Cc1ccc(Cl)s1. The van der Waals surface area contributed by atoms with E-state index in [4.69, 9.17) is 11.6 Å². The summed E-state index contributed by atoms with van der Waals surface area (Å²) < 4.78 is 0.800. The van der Waals surface area contributed by atoms with Gasteiger partial charge in [0.15, 0.2) is 0 Å². The molecule has 0 aromatic carbocycles. The predicted molar refractivity (Wildman–Crippen MR) is 53.9 cm³/mol. The number of aliphatic hydroxyl groups excluding tert-OH is 1. The Balaban J connectivity index is 2.41. The Kier molecular flexibility index (Phi) is 4.06. The molecule has 0 spiro atoms. The molecule has 0 aliphatic carbocycles. The van der Waals surface area contributed by atoms with Crippen molar-refractivity contribution in [2.45, 2.75) is 32.3 Å². The van der Waals surface area contributed by atoms with Gasteiger partial charge in [0.05, 0.1) is 10.4 Å². The Morgan fingerprint density at radius 3 is 2.83 bits per heavy atom. The van der Waals surface area contributed by atoms with Crippen LogP contribution in [0.15, 0.2) is 12.1 Å². The minimum atomic E-state index is -0.204. The van der Waals surface area contributed by atoms with E-state index in [1.54, 1.807) is 11.3 Å². The maximum absolute atomic E-state index is 9.48. The molecule has 12 heavy (non-hydrogen) atoms. The smallest absolute Gasteiger partial charge is 0.0931 e. The van der Waals surface area contributed by atoms with Gasteiger partial charge in [-0.05, 0) is 18.6 Å². The summed E-state index contributed by atoms with van der Waals surface area (Å²) >= 11 is 7.31. The standard InChI is InChI=1S/C9H13ClOS/c1-2-3-7(11)6-8-4-5-9(10)12-8/h4-5,7,11H,2-3,6H2,1H3. The fraction of sp³-hybridized carbons (Fsp3) is 0.556. The molecule has 1 aromatic rings. The molecule has 0 aliphatic heterocycles. The van der Waals surface area contributed by atoms with E-state index in [2.05, 4.69) is 6.92 Å². The Labute approximate surface area is 82.0 Å². The van der Waals surface area contributed by atoms with Crippen molar-refractivity contribution in [3.63, 3.8) is 0 Å². The Morgan fingerprint density at radius 2 is 2.33 bits per heavy atom. The van der Waals surface area contributed by atoms with E-state index in [0.29, 0.717) is 0 Å². The van der Waals surface area contributed by atoms with Crippen molar-refractivity contribution < 1.29 is 5.11 Å². The molecule has 1 nitrogen and oxygen atoms in total. The summed E-state index contributed by atoms with van der Waals surface area (Å²) in [5.41, 5.74) is 0. The zero-order chi connectivity index (χ0) is 8.97. The van der Waals surface area contributed by atoms with Crippen molar-refractivity contribution in [2.24, 2.45) is 0 Å². The minimum Gasteiger partial charge on any atom is -0.393 e. The minimum absolute atomic E-state index is 0.204. The highest BCUT2D eigenvalue weighted by atomic mass is 35.5. The van der Waals surface area contributed by atoms with Crippen LogP contribution in [0.1, 0.15) is 24.6 Å². The summed E-state index contributed by atoms with van der Waals surface area (Å²) in [6, 6.07) is 3.85. The first-order valence-electron chi connectivity index (χ1n) is 4.14. The molecule has 0 aliphatic rings. The quantitative estimate of drug-likeness (QED) is 0.799. The zero-order valence-electron chi connectivity index (χ0n) is 7.09. The first-order valence-corrected chi connectivity index (χ1v) is 5.34. The lowest BCUT2D eigenvalue weighted by molar-refractivity contribution is 0.165. The van der Waals surface area contributed by atoms with Crippen LogP contribution in [0, 0.1) is 0 Å². The van der Waals surface area contributed by atoms with Crippen molar-refractivity contribution in [3.05, 3.63) is 21.3 Å². The first kappa shape index (κ1) is 10.0. The largest absolute Gasteiger partial charge is 0.393 e. The monoisotopic (exact) mass is 204 g/mol. The van der Waals surface area contributed by atoms with Gasteiger partial charge in [-0.2, -0.15) is 0 Å². The van der Waals surface area contributed by atoms with Gasteiger partial charge in [0, 0.05) is 11.3 Å². The van der Waals surface area contributed by atoms with Gasteiger partial charge in [0.25, 0.3) is 0 Å². The molecule has 1 unspecified atom stereocenters. The van der Waals surface area contributed by atoms with Crippen molar-refractivity contribution in [1.82, 2.24) is 0 Å². The number of rotatable bonds is 4. The second-order valence-corrected chi connectivity index (χ2v) is 4.65. The van der Waals surface area contributed by atoms with Crippen LogP contribution >= 0.6 is 22.9 Å². The molecule has 1 aromatic heterocycles. The van der Waals surface area contributed by atoms with E-state index in [-0.39, 0.29) is 6.10 Å². The van der Waals surface area contributed by atoms with E-state index in [0.717, 1.165) is 23.6 Å². The van der Waals surface area contributed by atoms with Gasteiger partial charge < -0.3 is 5.11 Å². The molecule has 0 saturated carbocycles. The van der Waals surface area contributed by atoms with Gasteiger partial charge in [0.2, 0.25) is 0 Å². The first-order chi connectivity index (χ1) is 5.72. The fourth-order valence-electron chi connectivity index (χ4n) is 1.13. The zero-order valence-corrected chi connectivity index (χ0v) is 8.66. The van der Waals surface area contributed by atoms with Crippen LogP contribution in [-0.4, -0.2) is 11.2 Å². The lowest BCUT2D eigenvalue weighted by atomic mass is 10.1. The third-order valence-corrected chi connectivity index (χ3v) is 2.94. The van der Waals surface area contributed by atoms with Crippen LogP contribution in [-0.2, 0) is 6.42 Å². The molecule has 3 heteroatoms. The van der Waals surface area contributed by atoms with E-state index in [9.17, 15) is 5.11 Å². The van der Waals surface area contributed by atoms with Gasteiger partial charge in [-0.15, -0.1) is 11.3 Å². The molecular weight excluding hydrogens is 192 g/mol. The van der Waals surface area contributed by atoms with Gasteiger partial charge >= 0.3 is 0 Å². The molecule has 68 valence electrons. The molecule has 1 rings (SSSR count). The lowest BCUT2D eigenvalue weighted by Crippen LogP contribution is -2.08. The van der Waals surface area contributed by atoms with Crippen LogP contribution in [0.3, 0.4) is 0 Å². The van der Waals surface area contributed by atoms with Gasteiger partial charge in [-0.25, -0.2) is 0 Å². The third-order valence-electron chi connectivity index (χ3n) is 1.69. The third kappa shape index (κ3) is 3.13. The van der Waals surface area contributed by atoms with E-state index < -0.39 is 0 Å². The number of thiophene rings is 1. The molecular formula is C9H13ClOS. The highest BCUT2D eigenvalue weighted by Crippen LogP contribution is 2.23. The Morgan fingerprint density at radius 1 is 1.58 bits per heavy atom. The van der Waals surface area contributed by atoms with Gasteiger partial charge in [-0.1, -0.05) is 24.9 Å². The van der Waals surface area contributed by atoms with Crippen molar-refractivity contribution in [3.8, 4) is 0 Å². The molecule has 0 fully saturated rings. The highest BCUT2D eigenvalue weighted by molar-refractivity contribution is 7.16. The predicted octanol–water partition coefficient (Wildman–Crippen LogP) is 3.11. The second-order valence-electron chi connectivity index (χ2n) is 2.85. The van der Waals surface area contributed by atoms with Gasteiger partial charge in [-0.3, -0.25) is 0 Å². The summed E-state index contributed by atoms with van der Waals surface area (Å²) in [6.45, 7) is 2.07. The number of halogens is 1. The highest BCUT2D eigenvalue weighted by Gasteiger charge is 2.05. The fourth-order valence-corrected chi connectivity index (χ4v) is 2.29. The molecule has 0 radical (unpaired) electrons. The van der Waals surface area contributed by atoms with Crippen LogP contribution in [0.5, 0.6) is 0 Å². The van der Waals surface area contributed by atoms with E-state index in [1.807, 2.05) is 12.1 Å². The summed E-state index contributed by atoms with van der Waals surface area (Å²) in [6.07, 6.45) is 2.44. The maximum Gasteiger partial charge on any atom is 0.0931 e. The summed E-state index contributed by atoms with van der Waals surface area (Å²) in [7, 11) is 0. The van der Waals surface area contributed by atoms with Crippen LogP contribution < -0.4 is 0 Å². The number of hydrogen-bond acceptors (Lipinski definition) is 2. The average molecular weight is 205 g/mol. The van der Waals surface area contributed by atoms with Crippen molar-refractivity contribution in [1.29, 1.82) is 0 Å². The Hall–Kier alpha value is -0.0500. The van der Waals surface area contributed by atoms with Crippen molar-refractivity contribution >= 4 is 22.9 Å². The molecule has 1 heterocycles. The van der Waals surface area contributed by atoms with Crippen LogP contribution in [0.2, 0.25) is 4.34 Å². The van der Waals surface area contributed by atoms with Crippen LogP contribution in [0.25, 0.3) is 0 Å². The lowest BCUT2D eigenvalue weighted by Gasteiger charge is -2.05. The normalized spacial score (nSPS) is 13.2. The molecule has 1 atom stereocenters. The molecule has 0 saturated heterocycles. The summed E-state index contributed by atoms with van der Waals surface area (Å²) in [5.74, 6) is 0. The van der Waals surface area contributed by atoms with Gasteiger partial charge in [0.1, 0.15) is 0 Å². The topological polar surface area (TPSA) is 20.2 Å². The molecule has 0 amide bonds. The Bertz CT molecular complexity index is 234. The molecule has 0 bridgehead atoms. The van der Waals surface area contributed by atoms with E-state index in [1.165, 1.54) is 4.88 Å².